The maximum Gasteiger partial charge on any atom is 0.255 e. The number of nitrogens with zero attached hydrogens (tertiary/aromatic N) is 5. The van der Waals surface area contributed by atoms with Crippen molar-refractivity contribution in [3.05, 3.63) is 93.9 Å². The van der Waals surface area contributed by atoms with Gasteiger partial charge in [0.05, 0.1) is 10.9 Å². The predicted molar refractivity (Wildman–Crippen MR) is 222 cm³/mol. The minimum Gasteiger partial charge on any atom is -0.372 e. The highest BCUT2D eigenvalue weighted by molar-refractivity contribution is 6.05. The Hall–Kier alpha value is -5.03. The molecule has 1 aliphatic carbocycles. The van der Waals surface area contributed by atoms with E-state index in [2.05, 4.69) is 80.5 Å². The molecule has 5 heterocycles. The van der Waals surface area contributed by atoms with Crippen molar-refractivity contribution in [3.8, 4) is 0 Å². The summed E-state index contributed by atoms with van der Waals surface area (Å²) in [5.74, 6) is 0.129. The summed E-state index contributed by atoms with van der Waals surface area (Å²) in [6, 6.07) is 18.8. The number of hydrogen-bond donors (Lipinski definition) is 2. The van der Waals surface area contributed by atoms with Crippen LogP contribution < -0.4 is 15.1 Å². The SMILES string of the molecule is CC(C)CCC1=C(c2ccc(N3CCC(CN4CCN(c5ccc6c(c5)CN([C@H]5CCC(=O)NC5=O)C6=O)CC4)CC3)cc2)c2ccc3[nH]nc(F)c3c2CCC1. The van der Waals surface area contributed by atoms with Crippen LogP contribution >= 0.6 is 0 Å². The molecule has 298 valence electrons. The normalized spacial score (nSPS) is 21.1. The topological polar surface area (TPSA) is 105 Å². The summed E-state index contributed by atoms with van der Waals surface area (Å²) in [6.45, 7) is 12.1. The van der Waals surface area contributed by atoms with Gasteiger partial charge in [-0.2, -0.15) is 4.39 Å². The van der Waals surface area contributed by atoms with Gasteiger partial charge in [0.2, 0.25) is 17.8 Å². The number of allylic oxidation sites excluding steroid dienone is 1. The van der Waals surface area contributed by atoms with Crippen LogP contribution in [0.4, 0.5) is 15.8 Å². The summed E-state index contributed by atoms with van der Waals surface area (Å²) < 4.78 is 15.0. The number of anilines is 2. The molecule has 1 atom stereocenters. The number of halogens is 1. The van der Waals surface area contributed by atoms with Gasteiger partial charge in [0, 0.05) is 75.7 Å². The molecule has 0 unspecified atom stereocenters. The van der Waals surface area contributed by atoms with Crippen molar-refractivity contribution in [2.45, 2.75) is 84.2 Å². The second-order valence-corrected chi connectivity index (χ2v) is 17.3. The molecule has 3 aromatic carbocycles. The van der Waals surface area contributed by atoms with Crippen molar-refractivity contribution in [1.82, 2.24) is 25.3 Å². The highest BCUT2D eigenvalue weighted by Crippen LogP contribution is 2.41. The van der Waals surface area contributed by atoms with Crippen molar-refractivity contribution in [2.75, 3.05) is 55.6 Å². The highest BCUT2D eigenvalue weighted by atomic mass is 19.1. The summed E-state index contributed by atoms with van der Waals surface area (Å²) in [4.78, 5) is 46.5. The number of carbonyl (C=O) groups excluding carboxylic acids is 3. The lowest BCUT2D eigenvalue weighted by Gasteiger charge is -2.40. The third-order valence-corrected chi connectivity index (χ3v) is 13.2. The molecule has 10 nitrogen and oxygen atoms in total. The fraction of sp³-hybridized carbons (Fsp3) is 0.478. The zero-order valence-corrected chi connectivity index (χ0v) is 33.3. The zero-order valence-electron chi connectivity index (χ0n) is 33.3. The molecule has 5 aliphatic rings. The van der Waals surface area contributed by atoms with E-state index in [0.717, 1.165) is 106 Å². The van der Waals surface area contributed by atoms with Gasteiger partial charge in [0.1, 0.15) is 6.04 Å². The molecular weight excluding hydrogens is 718 g/mol. The van der Waals surface area contributed by atoms with Crippen LogP contribution in [0.1, 0.15) is 97.8 Å². The second-order valence-electron chi connectivity index (χ2n) is 17.3. The Morgan fingerprint density at radius 1 is 0.825 bits per heavy atom. The molecule has 3 saturated heterocycles. The molecule has 3 fully saturated rings. The Balaban J connectivity index is 0.801. The lowest BCUT2D eigenvalue weighted by molar-refractivity contribution is -0.136. The van der Waals surface area contributed by atoms with E-state index in [0.29, 0.717) is 35.8 Å². The number of carbonyl (C=O) groups is 3. The second kappa shape index (κ2) is 15.7. The van der Waals surface area contributed by atoms with E-state index in [1.54, 1.807) is 4.90 Å². The van der Waals surface area contributed by atoms with Gasteiger partial charge in [-0.05, 0) is 127 Å². The van der Waals surface area contributed by atoms with Gasteiger partial charge in [0.15, 0.2) is 0 Å². The number of benzene rings is 3. The van der Waals surface area contributed by atoms with E-state index < -0.39 is 12.0 Å². The minimum atomic E-state index is -0.591. The fourth-order valence-electron chi connectivity index (χ4n) is 10.0. The Morgan fingerprint density at radius 3 is 2.32 bits per heavy atom. The third-order valence-electron chi connectivity index (χ3n) is 13.2. The molecule has 0 spiro atoms. The van der Waals surface area contributed by atoms with Crippen LogP contribution in [0.5, 0.6) is 0 Å². The van der Waals surface area contributed by atoms with Crippen molar-refractivity contribution in [3.63, 3.8) is 0 Å². The van der Waals surface area contributed by atoms with Gasteiger partial charge in [0.25, 0.3) is 5.91 Å². The number of H-pyrrole nitrogens is 1. The fourth-order valence-corrected chi connectivity index (χ4v) is 10.0. The molecule has 57 heavy (non-hydrogen) atoms. The van der Waals surface area contributed by atoms with Crippen LogP contribution in [0, 0.1) is 17.8 Å². The number of hydrogen-bond acceptors (Lipinski definition) is 7. The average molecular weight is 772 g/mol. The molecule has 3 amide bonds. The van der Waals surface area contributed by atoms with E-state index in [1.165, 1.54) is 35.2 Å². The van der Waals surface area contributed by atoms with E-state index >= 15 is 0 Å². The quantitative estimate of drug-likeness (QED) is 0.176. The molecule has 9 rings (SSSR count). The number of fused-ring (bicyclic) bond motifs is 4. The summed E-state index contributed by atoms with van der Waals surface area (Å²) in [5.41, 5.74) is 11.0. The Morgan fingerprint density at radius 2 is 1.56 bits per heavy atom. The molecule has 1 aromatic heterocycles. The van der Waals surface area contributed by atoms with Gasteiger partial charge < -0.3 is 14.7 Å². The van der Waals surface area contributed by atoms with E-state index in [9.17, 15) is 18.8 Å². The first-order valence-electron chi connectivity index (χ1n) is 21.2. The maximum atomic E-state index is 15.0. The summed E-state index contributed by atoms with van der Waals surface area (Å²) in [6.07, 6.45) is 8.10. The lowest BCUT2D eigenvalue weighted by atomic mass is 9.87. The number of rotatable bonds is 9. The number of aryl methyl sites for hydroxylation is 1. The molecule has 0 radical (unpaired) electrons. The van der Waals surface area contributed by atoms with E-state index in [4.69, 9.17) is 0 Å². The molecular formula is C46H54FN7O3. The third kappa shape index (κ3) is 7.46. The van der Waals surface area contributed by atoms with Crippen molar-refractivity contribution in [2.24, 2.45) is 11.8 Å². The van der Waals surface area contributed by atoms with Crippen LogP contribution in [0.25, 0.3) is 16.5 Å². The smallest absolute Gasteiger partial charge is 0.255 e. The van der Waals surface area contributed by atoms with Gasteiger partial charge in [-0.15, -0.1) is 5.10 Å². The van der Waals surface area contributed by atoms with Gasteiger partial charge in [-0.25, -0.2) is 0 Å². The number of piperazine rings is 1. The molecule has 4 aromatic rings. The zero-order chi connectivity index (χ0) is 39.2. The van der Waals surface area contributed by atoms with Gasteiger partial charge in [-0.3, -0.25) is 29.7 Å². The Bertz CT molecular complexity index is 2210. The summed E-state index contributed by atoms with van der Waals surface area (Å²) in [5, 5.41) is 9.83. The monoisotopic (exact) mass is 771 g/mol. The summed E-state index contributed by atoms with van der Waals surface area (Å²) in [7, 11) is 0. The van der Waals surface area contributed by atoms with Gasteiger partial charge >= 0.3 is 0 Å². The van der Waals surface area contributed by atoms with Crippen molar-refractivity contribution >= 4 is 45.6 Å². The number of piperidine rings is 2. The van der Waals surface area contributed by atoms with Crippen LogP contribution in [-0.2, 0) is 22.6 Å². The van der Waals surface area contributed by atoms with Crippen molar-refractivity contribution < 1.29 is 18.8 Å². The van der Waals surface area contributed by atoms with E-state index in [-0.39, 0.29) is 24.1 Å². The number of amides is 3. The largest absolute Gasteiger partial charge is 0.372 e. The minimum absolute atomic E-state index is 0.126. The van der Waals surface area contributed by atoms with Crippen LogP contribution in [0.2, 0.25) is 0 Å². The average Bonchev–Trinajstić information content (AvgIpc) is 3.69. The Labute approximate surface area is 334 Å². The maximum absolute atomic E-state index is 15.0. The molecule has 0 saturated carbocycles. The first-order chi connectivity index (χ1) is 27.7. The molecule has 2 N–H and O–H groups in total. The first kappa shape index (κ1) is 37.5. The standard InChI is InChI=1S/C46H54FN7O3/c1-29(2)6-7-31-4-3-5-37-38(14-15-39-43(37)44(47)50-49-39)42(31)32-8-10-34(11-9-32)52-20-18-30(19-21-52)27-51-22-24-53(25-23-51)35-12-13-36-33(26-35)28-54(46(36)57)40-16-17-41(55)48-45(40)56/h8-15,26,29-30,40H,3-7,16-25,27-28H2,1-2H3,(H,49,50)(H,48,55,56)/t40-/m0/s1. The molecule has 4 aliphatic heterocycles. The molecule has 0 bridgehead atoms. The van der Waals surface area contributed by atoms with E-state index in [1.807, 2.05) is 18.2 Å². The highest BCUT2D eigenvalue weighted by Gasteiger charge is 2.39. The van der Waals surface area contributed by atoms with Crippen LogP contribution in [-0.4, -0.2) is 89.6 Å². The molecule has 11 heteroatoms. The summed E-state index contributed by atoms with van der Waals surface area (Å²) >= 11 is 0. The number of imide groups is 1. The number of nitrogens with one attached hydrogen (secondary N) is 2. The lowest BCUT2D eigenvalue weighted by Crippen LogP contribution is -2.52. The van der Waals surface area contributed by atoms with Crippen LogP contribution in [0.3, 0.4) is 0 Å². The number of aromatic nitrogens is 2. The Kier molecular flexibility index (Phi) is 10.4. The van der Waals surface area contributed by atoms with Gasteiger partial charge in [-0.1, -0.05) is 37.6 Å². The van der Waals surface area contributed by atoms with Crippen molar-refractivity contribution in [1.29, 1.82) is 0 Å². The predicted octanol–water partition coefficient (Wildman–Crippen LogP) is 7.08. The number of aromatic amines is 1. The first-order valence-corrected chi connectivity index (χ1v) is 21.2. The van der Waals surface area contributed by atoms with Crippen LogP contribution in [0.15, 0.2) is 60.2 Å².